The van der Waals surface area contributed by atoms with E-state index in [9.17, 15) is 19.5 Å². The van der Waals surface area contributed by atoms with Crippen LogP contribution in [0.25, 0.3) is 10.2 Å². The highest BCUT2D eigenvalue weighted by Crippen LogP contribution is 2.47. The van der Waals surface area contributed by atoms with E-state index in [0.717, 1.165) is 21.3 Å². The number of fused-ring (bicyclic) bond motifs is 1. The summed E-state index contributed by atoms with van der Waals surface area (Å²) in [5, 5.41) is 11.5. The molecule has 3 rings (SSSR count). The van der Waals surface area contributed by atoms with Crippen LogP contribution >= 0.6 is 18.9 Å². The summed E-state index contributed by atoms with van der Waals surface area (Å²) in [4.78, 5) is 25.8. The van der Waals surface area contributed by atoms with E-state index in [1.54, 1.807) is 4.90 Å². The summed E-state index contributed by atoms with van der Waals surface area (Å²) < 4.78 is 13.0. The average Bonchev–Trinajstić information content (AvgIpc) is 3.01. The molecule has 0 fully saturated rings. The Morgan fingerprint density at radius 2 is 1.53 bits per heavy atom. The van der Waals surface area contributed by atoms with Gasteiger partial charge in [-0.15, -0.1) is 0 Å². The Hall–Kier alpha value is -1.92. The van der Waals surface area contributed by atoms with Crippen molar-refractivity contribution in [2.24, 2.45) is 0 Å². The van der Waals surface area contributed by atoms with Crippen molar-refractivity contribution in [1.82, 2.24) is 4.98 Å². The first kappa shape index (κ1) is 22.8. The molecular formula is C22H29N2O4PS. The molecule has 3 N–H and O–H groups in total. The highest BCUT2D eigenvalue weighted by molar-refractivity contribution is 7.51. The third-order valence-electron chi connectivity index (χ3n) is 4.86. The Kier molecular flexibility index (Phi) is 5.80. The second kappa shape index (κ2) is 7.65. The summed E-state index contributed by atoms with van der Waals surface area (Å²) in [7, 11) is -4.39. The maximum absolute atomic E-state index is 12.0. The standard InChI is InChI=1S/C22H29N2O4PS/c1-21(2,3)15-11-14(12-16(19(15)25)22(4,5)6)24(13-29(26,27)28)20-23-17-9-7-8-10-18(17)30-20/h7-12,25H,13H2,1-6H3,(H2,26,27,28). The predicted octanol–water partition coefficient (Wildman–Crippen LogP) is 5.87. The second-order valence-corrected chi connectivity index (χ2v) is 12.2. The number of aromatic hydroxyl groups is 1. The van der Waals surface area contributed by atoms with Crippen LogP contribution in [0.15, 0.2) is 36.4 Å². The SMILES string of the molecule is CC(C)(C)c1cc(N(CP(=O)(O)O)c2nc3ccccc3s2)cc(C(C)(C)C)c1O. The first-order chi connectivity index (χ1) is 13.7. The first-order valence-corrected chi connectivity index (χ1v) is 12.3. The van der Waals surface area contributed by atoms with Gasteiger partial charge >= 0.3 is 7.60 Å². The highest BCUT2D eigenvalue weighted by atomic mass is 32.1. The van der Waals surface area contributed by atoms with Gasteiger partial charge in [-0.05, 0) is 35.1 Å². The maximum atomic E-state index is 12.0. The Morgan fingerprint density at radius 1 is 1.00 bits per heavy atom. The molecule has 0 radical (unpaired) electrons. The number of aromatic nitrogens is 1. The van der Waals surface area contributed by atoms with Gasteiger partial charge in [-0.3, -0.25) is 4.57 Å². The van der Waals surface area contributed by atoms with Crippen LogP contribution in [-0.2, 0) is 15.4 Å². The lowest BCUT2D eigenvalue weighted by Crippen LogP contribution is -2.22. The number of phenols is 1. The number of hydrogen-bond acceptors (Lipinski definition) is 5. The lowest BCUT2D eigenvalue weighted by atomic mass is 9.79. The van der Waals surface area contributed by atoms with Gasteiger partial charge in [-0.1, -0.05) is 65.0 Å². The van der Waals surface area contributed by atoms with E-state index in [1.165, 1.54) is 11.3 Å². The topological polar surface area (TPSA) is 93.9 Å². The van der Waals surface area contributed by atoms with Crippen molar-refractivity contribution in [3.8, 4) is 5.75 Å². The number of hydrogen-bond donors (Lipinski definition) is 3. The molecule has 8 heteroatoms. The fourth-order valence-corrected chi connectivity index (χ4v) is 5.08. The molecule has 6 nitrogen and oxygen atoms in total. The molecule has 0 saturated carbocycles. The van der Waals surface area contributed by atoms with Crippen LogP contribution < -0.4 is 4.90 Å². The third kappa shape index (κ3) is 4.86. The quantitative estimate of drug-likeness (QED) is 0.432. The number of para-hydroxylation sites is 1. The molecule has 0 saturated heterocycles. The molecule has 0 spiro atoms. The minimum absolute atomic E-state index is 0.221. The van der Waals surface area contributed by atoms with Gasteiger partial charge in [-0.25, -0.2) is 4.98 Å². The molecule has 0 atom stereocenters. The van der Waals surface area contributed by atoms with Crippen molar-refractivity contribution in [3.05, 3.63) is 47.5 Å². The van der Waals surface area contributed by atoms with Gasteiger partial charge in [0.15, 0.2) is 5.13 Å². The number of rotatable bonds is 4. The summed E-state index contributed by atoms with van der Waals surface area (Å²) in [6.45, 7) is 12.0. The van der Waals surface area contributed by atoms with E-state index in [0.29, 0.717) is 10.8 Å². The van der Waals surface area contributed by atoms with Crippen molar-refractivity contribution in [3.63, 3.8) is 0 Å². The van der Waals surface area contributed by atoms with Crippen LogP contribution in [0.2, 0.25) is 0 Å². The summed E-state index contributed by atoms with van der Waals surface area (Å²) in [6, 6.07) is 11.2. The molecule has 0 aliphatic heterocycles. The lowest BCUT2D eigenvalue weighted by molar-refractivity contribution is 0.373. The summed E-state index contributed by atoms with van der Waals surface area (Å²) in [5.41, 5.74) is 2.11. The fourth-order valence-electron chi connectivity index (χ4n) is 3.33. The van der Waals surface area contributed by atoms with Gasteiger partial charge in [0.25, 0.3) is 0 Å². The number of benzene rings is 2. The van der Waals surface area contributed by atoms with Crippen molar-refractivity contribution in [1.29, 1.82) is 0 Å². The van der Waals surface area contributed by atoms with Crippen LogP contribution in [0, 0.1) is 0 Å². The number of nitrogens with zero attached hydrogens (tertiary/aromatic N) is 2. The van der Waals surface area contributed by atoms with Gasteiger partial charge < -0.3 is 19.8 Å². The predicted molar refractivity (Wildman–Crippen MR) is 124 cm³/mol. The molecular weight excluding hydrogens is 419 g/mol. The summed E-state index contributed by atoms with van der Waals surface area (Å²) >= 11 is 1.38. The van der Waals surface area contributed by atoms with E-state index in [-0.39, 0.29) is 16.6 Å². The smallest absolute Gasteiger partial charge is 0.345 e. The fraction of sp³-hybridized carbons (Fsp3) is 0.409. The summed E-state index contributed by atoms with van der Waals surface area (Å²) in [5.74, 6) is 0.221. The average molecular weight is 449 g/mol. The van der Waals surface area contributed by atoms with E-state index in [2.05, 4.69) is 4.98 Å². The van der Waals surface area contributed by atoms with E-state index >= 15 is 0 Å². The van der Waals surface area contributed by atoms with Gasteiger partial charge in [-0.2, -0.15) is 0 Å². The Morgan fingerprint density at radius 3 is 2.00 bits per heavy atom. The molecule has 0 aliphatic rings. The van der Waals surface area contributed by atoms with Crippen molar-refractivity contribution < 1.29 is 19.5 Å². The zero-order valence-corrected chi connectivity index (χ0v) is 19.9. The lowest BCUT2D eigenvalue weighted by Gasteiger charge is -2.31. The molecule has 3 aromatic rings. The molecule has 0 aliphatic carbocycles. The molecule has 0 unspecified atom stereocenters. The van der Waals surface area contributed by atoms with Gasteiger partial charge in [0.05, 0.1) is 10.2 Å². The van der Waals surface area contributed by atoms with Gasteiger partial charge in [0, 0.05) is 16.8 Å². The molecule has 30 heavy (non-hydrogen) atoms. The van der Waals surface area contributed by atoms with Gasteiger partial charge in [0.1, 0.15) is 12.0 Å². The van der Waals surface area contributed by atoms with Crippen molar-refractivity contribution >= 4 is 40.0 Å². The van der Waals surface area contributed by atoms with E-state index < -0.39 is 13.9 Å². The van der Waals surface area contributed by atoms with Crippen LogP contribution in [0.4, 0.5) is 10.8 Å². The number of phenolic OH excluding ortho intramolecular Hbond substituents is 1. The minimum atomic E-state index is -4.39. The molecule has 2 aromatic carbocycles. The van der Waals surface area contributed by atoms with Crippen molar-refractivity contribution in [2.45, 2.75) is 52.4 Å². The monoisotopic (exact) mass is 448 g/mol. The Labute approximate surface area is 181 Å². The largest absolute Gasteiger partial charge is 0.507 e. The minimum Gasteiger partial charge on any atom is -0.507 e. The Balaban J connectivity index is 2.28. The zero-order valence-electron chi connectivity index (χ0n) is 18.2. The van der Waals surface area contributed by atoms with Crippen molar-refractivity contribution in [2.75, 3.05) is 11.2 Å². The number of thiazole rings is 1. The van der Waals surface area contributed by atoms with E-state index in [1.807, 2.05) is 77.9 Å². The van der Waals surface area contributed by atoms with E-state index in [4.69, 9.17) is 0 Å². The molecule has 1 aromatic heterocycles. The third-order valence-corrected chi connectivity index (χ3v) is 6.57. The first-order valence-electron chi connectivity index (χ1n) is 9.72. The Bertz CT molecular complexity index is 1050. The maximum Gasteiger partial charge on any atom is 0.345 e. The summed E-state index contributed by atoms with van der Waals surface area (Å²) in [6.07, 6.45) is -0.495. The van der Waals surface area contributed by atoms with Crippen LogP contribution in [0.1, 0.15) is 52.7 Å². The van der Waals surface area contributed by atoms with Crippen LogP contribution in [-0.4, -0.2) is 26.2 Å². The molecule has 162 valence electrons. The zero-order chi connectivity index (χ0) is 22.5. The van der Waals surface area contributed by atoms with Gasteiger partial charge in [0.2, 0.25) is 0 Å². The molecule has 0 bridgehead atoms. The highest BCUT2D eigenvalue weighted by Gasteiger charge is 2.30. The number of anilines is 2. The molecule has 1 heterocycles. The molecule has 0 amide bonds. The van der Waals surface area contributed by atoms with Crippen LogP contribution in [0.5, 0.6) is 5.75 Å². The normalized spacial score (nSPS) is 13.1. The second-order valence-electron chi connectivity index (χ2n) is 9.59. The van der Waals surface area contributed by atoms with Crippen LogP contribution in [0.3, 0.4) is 0 Å².